The normalized spacial score (nSPS) is 20.0. The van der Waals surface area contributed by atoms with Gasteiger partial charge in [-0.1, -0.05) is 0 Å². The van der Waals surface area contributed by atoms with Crippen molar-refractivity contribution in [3.63, 3.8) is 0 Å². The lowest BCUT2D eigenvalue weighted by molar-refractivity contribution is 0.360. The smallest absolute Gasteiger partial charge is 0.176 e. The van der Waals surface area contributed by atoms with Crippen LogP contribution in [0, 0.1) is 11.5 Å². The third-order valence-electron chi connectivity index (χ3n) is 5.11. The molecular formula is C19H20N6O. The maximum atomic E-state index is 9.56. The van der Waals surface area contributed by atoms with Crippen molar-refractivity contribution in [3.05, 3.63) is 42.5 Å². The highest BCUT2D eigenvalue weighted by molar-refractivity contribution is 5.85. The molecule has 4 N–H and O–H groups in total. The molecule has 2 heterocycles. The maximum Gasteiger partial charge on any atom is 0.176 e. The number of aromatic nitrogens is 3. The van der Waals surface area contributed by atoms with Crippen LogP contribution in [0.5, 0.6) is 5.75 Å². The first-order valence-electron chi connectivity index (χ1n) is 8.74. The largest absolute Gasteiger partial charge is 0.508 e. The van der Waals surface area contributed by atoms with Gasteiger partial charge in [-0.3, -0.25) is 4.40 Å². The van der Waals surface area contributed by atoms with Crippen LogP contribution in [-0.4, -0.2) is 25.5 Å². The zero-order valence-electron chi connectivity index (χ0n) is 14.3. The highest BCUT2D eigenvalue weighted by Crippen LogP contribution is 2.36. The van der Waals surface area contributed by atoms with Crippen molar-refractivity contribution >= 4 is 11.3 Å². The fourth-order valence-electron chi connectivity index (χ4n) is 3.78. The molecule has 4 rings (SSSR count). The van der Waals surface area contributed by atoms with Gasteiger partial charge in [-0.15, -0.1) is 0 Å². The van der Waals surface area contributed by atoms with Gasteiger partial charge in [0.1, 0.15) is 28.6 Å². The molecule has 132 valence electrons. The average Bonchev–Trinajstić information content (AvgIpc) is 3.04. The first-order chi connectivity index (χ1) is 12.7. The summed E-state index contributed by atoms with van der Waals surface area (Å²) in [5, 5.41) is 21.2. The van der Waals surface area contributed by atoms with E-state index in [1.54, 1.807) is 18.3 Å². The van der Waals surface area contributed by atoms with Crippen LogP contribution in [0.2, 0.25) is 0 Å². The second kappa shape index (κ2) is 6.56. The molecule has 1 fully saturated rings. The zero-order valence-corrected chi connectivity index (χ0v) is 14.3. The van der Waals surface area contributed by atoms with Gasteiger partial charge < -0.3 is 16.2 Å². The number of nitrogen functional groups attached to an aromatic ring is 1. The zero-order chi connectivity index (χ0) is 18.1. The van der Waals surface area contributed by atoms with Gasteiger partial charge in [-0.05, 0) is 49.9 Å². The molecule has 0 saturated heterocycles. The number of fused-ring (bicyclic) bond motifs is 1. The van der Waals surface area contributed by atoms with E-state index >= 15 is 0 Å². The van der Waals surface area contributed by atoms with Crippen molar-refractivity contribution in [1.82, 2.24) is 19.7 Å². The number of nitrogens with zero attached hydrogens (tertiary/aromatic N) is 4. The Morgan fingerprint density at radius 1 is 1.19 bits per heavy atom. The molecule has 2 aromatic heterocycles. The molecule has 0 aliphatic heterocycles. The SMILES string of the molecule is N#CNC1CCC(c2nc(-c3ccc(O)cc3)c3c(N)nccn23)CC1. The number of hydrogen-bond donors (Lipinski definition) is 3. The summed E-state index contributed by atoms with van der Waals surface area (Å²) in [6.45, 7) is 0. The summed E-state index contributed by atoms with van der Waals surface area (Å²) in [4.78, 5) is 9.15. The highest BCUT2D eigenvalue weighted by Gasteiger charge is 2.27. The minimum Gasteiger partial charge on any atom is -0.508 e. The number of benzene rings is 1. The third-order valence-corrected chi connectivity index (χ3v) is 5.11. The van der Waals surface area contributed by atoms with E-state index in [1.165, 1.54) is 0 Å². The van der Waals surface area contributed by atoms with Crippen LogP contribution < -0.4 is 11.1 Å². The van der Waals surface area contributed by atoms with Crippen LogP contribution in [0.1, 0.15) is 37.4 Å². The Bertz CT molecular complexity index is 964. The molecule has 0 atom stereocenters. The second-order valence-electron chi connectivity index (χ2n) is 6.70. The minimum atomic E-state index is 0.215. The fraction of sp³-hybridized carbons (Fsp3) is 0.316. The van der Waals surface area contributed by atoms with Gasteiger partial charge in [0.05, 0.1) is 0 Å². The fourth-order valence-corrected chi connectivity index (χ4v) is 3.78. The predicted octanol–water partition coefficient (Wildman–Crippen LogP) is 2.78. The summed E-state index contributed by atoms with van der Waals surface area (Å²) >= 11 is 0. The van der Waals surface area contributed by atoms with Crippen molar-refractivity contribution in [2.75, 3.05) is 5.73 Å². The molecular weight excluding hydrogens is 328 g/mol. The number of rotatable bonds is 3. The van der Waals surface area contributed by atoms with Crippen LogP contribution in [0.25, 0.3) is 16.8 Å². The van der Waals surface area contributed by atoms with Gasteiger partial charge >= 0.3 is 0 Å². The summed E-state index contributed by atoms with van der Waals surface area (Å²) in [5.74, 6) is 1.94. The molecule has 0 amide bonds. The third kappa shape index (κ3) is 2.80. The number of aromatic hydroxyl groups is 1. The van der Waals surface area contributed by atoms with Gasteiger partial charge in [0.25, 0.3) is 0 Å². The summed E-state index contributed by atoms with van der Waals surface area (Å²) in [6, 6.07) is 7.21. The van der Waals surface area contributed by atoms with Gasteiger partial charge in [-0.2, -0.15) is 5.26 Å². The van der Waals surface area contributed by atoms with Crippen molar-refractivity contribution in [1.29, 1.82) is 5.26 Å². The molecule has 3 aromatic rings. The number of anilines is 1. The van der Waals surface area contributed by atoms with Crippen LogP contribution in [-0.2, 0) is 0 Å². The summed E-state index contributed by atoms with van der Waals surface area (Å²) in [5.41, 5.74) is 8.63. The number of phenolic OH excluding ortho intramolecular Hbond substituents is 1. The number of phenols is 1. The molecule has 1 aromatic carbocycles. The van der Waals surface area contributed by atoms with E-state index in [0.29, 0.717) is 11.7 Å². The molecule has 0 radical (unpaired) electrons. The lowest BCUT2D eigenvalue weighted by Gasteiger charge is -2.26. The topological polar surface area (TPSA) is 112 Å². The monoisotopic (exact) mass is 348 g/mol. The maximum absolute atomic E-state index is 9.56. The van der Waals surface area contributed by atoms with E-state index in [4.69, 9.17) is 16.0 Å². The van der Waals surface area contributed by atoms with Crippen molar-refractivity contribution < 1.29 is 5.11 Å². The summed E-state index contributed by atoms with van der Waals surface area (Å²) in [7, 11) is 0. The van der Waals surface area contributed by atoms with Gasteiger partial charge in [-0.25, -0.2) is 9.97 Å². The van der Waals surface area contributed by atoms with E-state index < -0.39 is 0 Å². The lowest BCUT2D eigenvalue weighted by atomic mass is 9.85. The van der Waals surface area contributed by atoms with Crippen LogP contribution in [0.4, 0.5) is 5.82 Å². The number of nitriles is 1. The van der Waals surface area contributed by atoms with E-state index in [0.717, 1.165) is 48.3 Å². The second-order valence-corrected chi connectivity index (χ2v) is 6.70. The number of nitrogens with one attached hydrogen (secondary N) is 1. The molecule has 0 spiro atoms. The van der Waals surface area contributed by atoms with E-state index in [1.807, 2.05) is 28.9 Å². The minimum absolute atomic E-state index is 0.215. The Labute approximate surface area is 151 Å². The highest BCUT2D eigenvalue weighted by atomic mass is 16.3. The Hall–Kier alpha value is -3.27. The van der Waals surface area contributed by atoms with E-state index in [9.17, 15) is 5.11 Å². The number of imidazole rings is 1. The Morgan fingerprint density at radius 3 is 2.62 bits per heavy atom. The van der Waals surface area contributed by atoms with Crippen LogP contribution >= 0.6 is 0 Å². The molecule has 0 bridgehead atoms. The Balaban J connectivity index is 1.76. The van der Waals surface area contributed by atoms with Crippen LogP contribution in [0.15, 0.2) is 36.7 Å². The quantitative estimate of drug-likeness (QED) is 0.495. The Kier molecular flexibility index (Phi) is 4.09. The van der Waals surface area contributed by atoms with E-state index in [2.05, 4.69) is 10.3 Å². The number of hydrogen-bond acceptors (Lipinski definition) is 6. The molecule has 1 aliphatic rings. The molecule has 7 nitrogen and oxygen atoms in total. The molecule has 1 aliphatic carbocycles. The Morgan fingerprint density at radius 2 is 1.92 bits per heavy atom. The average molecular weight is 348 g/mol. The van der Waals surface area contributed by atoms with Gasteiger partial charge in [0, 0.05) is 29.9 Å². The summed E-state index contributed by atoms with van der Waals surface area (Å²) in [6.07, 6.45) is 9.46. The standard InChI is InChI=1S/C19H20N6O/c20-11-23-14-5-1-13(2-6-14)19-24-16(12-3-7-15(26)8-4-12)17-18(21)22-9-10-25(17)19/h3-4,7-10,13-14,23,26H,1-2,5-6H2,(H2,21,22). The van der Waals surface area contributed by atoms with Crippen molar-refractivity contribution in [3.8, 4) is 23.2 Å². The number of nitrogens with two attached hydrogens (primary N) is 1. The summed E-state index contributed by atoms with van der Waals surface area (Å²) < 4.78 is 2.03. The molecule has 0 unspecified atom stereocenters. The van der Waals surface area contributed by atoms with Gasteiger partial charge in [0.15, 0.2) is 6.19 Å². The van der Waals surface area contributed by atoms with Gasteiger partial charge in [0.2, 0.25) is 0 Å². The lowest BCUT2D eigenvalue weighted by Crippen LogP contribution is -2.29. The van der Waals surface area contributed by atoms with E-state index in [-0.39, 0.29) is 11.8 Å². The van der Waals surface area contributed by atoms with Crippen molar-refractivity contribution in [2.24, 2.45) is 0 Å². The molecule has 26 heavy (non-hydrogen) atoms. The van der Waals surface area contributed by atoms with Crippen molar-refractivity contribution in [2.45, 2.75) is 37.6 Å². The molecule has 1 saturated carbocycles. The molecule has 7 heteroatoms. The predicted molar refractivity (Wildman–Crippen MR) is 98.2 cm³/mol. The first-order valence-corrected chi connectivity index (χ1v) is 8.74. The van der Waals surface area contributed by atoms with Crippen LogP contribution in [0.3, 0.4) is 0 Å². The first kappa shape index (κ1) is 16.2.